The number of rotatable bonds is 6. The first-order valence-electron chi connectivity index (χ1n) is 8.11. The molecular weight excluding hydrogens is 246 g/mol. The Morgan fingerprint density at radius 2 is 2.30 bits per heavy atom. The van der Waals surface area contributed by atoms with Crippen LogP contribution < -0.4 is 0 Å². The van der Waals surface area contributed by atoms with Gasteiger partial charge in [-0.2, -0.15) is 0 Å². The zero-order chi connectivity index (χ0) is 14.6. The predicted octanol–water partition coefficient (Wildman–Crippen LogP) is 4.84. The van der Waals surface area contributed by atoms with E-state index in [9.17, 15) is 5.11 Å². The average Bonchev–Trinajstić information content (AvgIpc) is 2.87. The number of aliphatic hydroxyl groups is 1. The Morgan fingerprint density at radius 3 is 2.95 bits per heavy atom. The quantitative estimate of drug-likeness (QED) is 0.766. The van der Waals surface area contributed by atoms with Crippen LogP contribution in [0.3, 0.4) is 0 Å². The Kier molecular flexibility index (Phi) is 5.09. The maximum atomic E-state index is 10.7. The van der Waals surface area contributed by atoms with Crippen LogP contribution in [0.1, 0.15) is 69.5 Å². The number of hydrogen-bond acceptors (Lipinski definition) is 1. The first kappa shape index (κ1) is 15.4. The van der Waals surface area contributed by atoms with Gasteiger partial charge in [-0.3, -0.25) is 0 Å². The van der Waals surface area contributed by atoms with E-state index in [1.807, 2.05) is 6.20 Å². The van der Waals surface area contributed by atoms with Crippen LogP contribution in [0.4, 0.5) is 0 Å². The van der Waals surface area contributed by atoms with Gasteiger partial charge in [-0.05, 0) is 68.6 Å². The van der Waals surface area contributed by atoms with Gasteiger partial charge in [-0.25, -0.2) is 0 Å². The molecular formula is C18H29NO. The standard InChI is InChI=1S/C18H29NO/c1-4-18(20)12-6-5-9-16(18)10-7-8-14(2)17-11-13-19-15(17)3/h11,13,16,19-20H,2,4-10,12H2,1,3H3/t16?,18-/m1/s1. The summed E-state index contributed by atoms with van der Waals surface area (Å²) < 4.78 is 0. The lowest BCUT2D eigenvalue weighted by molar-refractivity contribution is -0.0547. The molecule has 1 aliphatic rings. The monoisotopic (exact) mass is 275 g/mol. The van der Waals surface area contributed by atoms with Gasteiger partial charge in [0, 0.05) is 11.9 Å². The van der Waals surface area contributed by atoms with Gasteiger partial charge >= 0.3 is 0 Å². The number of aromatic amines is 1. The molecule has 1 saturated carbocycles. The summed E-state index contributed by atoms with van der Waals surface area (Å²) in [7, 11) is 0. The summed E-state index contributed by atoms with van der Waals surface area (Å²) in [5, 5.41) is 10.7. The molecule has 0 radical (unpaired) electrons. The van der Waals surface area contributed by atoms with Crippen molar-refractivity contribution in [1.29, 1.82) is 0 Å². The van der Waals surface area contributed by atoms with E-state index in [1.165, 1.54) is 36.1 Å². The van der Waals surface area contributed by atoms with Crippen molar-refractivity contribution in [1.82, 2.24) is 4.98 Å². The summed E-state index contributed by atoms with van der Waals surface area (Å²) >= 11 is 0. The molecule has 1 aromatic heterocycles. The highest BCUT2D eigenvalue weighted by molar-refractivity contribution is 5.65. The fourth-order valence-corrected chi connectivity index (χ4v) is 3.71. The van der Waals surface area contributed by atoms with Gasteiger partial charge in [0.15, 0.2) is 0 Å². The van der Waals surface area contributed by atoms with E-state index in [-0.39, 0.29) is 0 Å². The van der Waals surface area contributed by atoms with E-state index in [0.717, 1.165) is 32.1 Å². The summed E-state index contributed by atoms with van der Waals surface area (Å²) in [6.07, 6.45) is 10.8. The molecule has 112 valence electrons. The smallest absolute Gasteiger partial charge is 0.0673 e. The average molecular weight is 275 g/mol. The van der Waals surface area contributed by atoms with Gasteiger partial charge in [-0.15, -0.1) is 0 Å². The van der Waals surface area contributed by atoms with Crippen LogP contribution in [-0.4, -0.2) is 15.7 Å². The Labute approximate surface area is 123 Å². The van der Waals surface area contributed by atoms with Crippen molar-refractivity contribution in [2.45, 2.75) is 70.8 Å². The van der Waals surface area contributed by atoms with Crippen LogP contribution in [0.2, 0.25) is 0 Å². The molecule has 0 amide bonds. The van der Waals surface area contributed by atoms with Crippen molar-refractivity contribution >= 4 is 5.57 Å². The molecule has 0 saturated heterocycles. The number of allylic oxidation sites excluding steroid dienone is 1. The summed E-state index contributed by atoms with van der Waals surface area (Å²) in [6, 6.07) is 2.11. The first-order valence-corrected chi connectivity index (χ1v) is 8.11. The van der Waals surface area contributed by atoms with Crippen LogP contribution in [0.5, 0.6) is 0 Å². The normalized spacial score (nSPS) is 26.6. The lowest BCUT2D eigenvalue weighted by Crippen LogP contribution is -2.39. The molecule has 0 spiro atoms. The van der Waals surface area contributed by atoms with Crippen molar-refractivity contribution in [3.05, 3.63) is 30.1 Å². The van der Waals surface area contributed by atoms with Gasteiger partial charge in [0.1, 0.15) is 0 Å². The largest absolute Gasteiger partial charge is 0.390 e. The molecule has 1 unspecified atom stereocenters. The minimum Gasteiger partial charge on any atom is -0.390 e. The Hall–Kier alpha value is -1.02. The topological polar surface area (TPSA) is 36.0 Å². The van der Waals surface area contributed by atoms with Gasteiger partial charge in [0.05, 0.1) is 5.60 Å². The fraction of sp³-hybridized carbons (Fsp3) is 0.667. The molecule has 0 bridgehead atoms. The fourth-order valence-electron chi connectivity index (χ4n) is 3.71. The highest BCUT2D eigenvalue weighted by Crippen LogP contribution is 2.39. The molecule has 2 N–H and O–H groups in total. The SMILES string of the molecule is C=C(CCCC1CCCC[C@]1(O)CC)c1cc[nH]c1C. The maximum Gasteiger partial charge on any atom is 0.0673 e. The lowest BCUT2D eigenvalue weighted by Gasteiger charge is -2.39. The number of H-pyrrole nitrogens is 1. The third-order valence-electron chi connectivity index (χ3n) is 5.15. The molecule has 20 heavy (non-hydrogen) atoms. The molecule has 0 aliphatic heterocycles. The van der Waals surface area contributed by atoms with Crippen molar-refractivity contribution in [3.63, 3.8) is 0 Å². The summed E-state index contributed by atoms with van der Waals surface area (Å²) in [6.45, 7) is 8.43. The molecule has 1 aromatic rings. The number of hydrogen-bond donors (Lipinski definition) is 2. The molecule has 1 aliphatic carbocycles. The van der Waals surface area contributed by atoms with E-state index < -0.39 is 5.60 Å². The van der Waals surface area contributed by atoms with E-state index >= 15 is 0 Å². The van der Waals surface area contributed by atoms with Gasteiger partial charge in [0.2, 0.25) is 0 Å². The Bertz CT molecular complexity index is 448. The molecule has 0 aromatic carbocycles. The van der Waals surface area contributed by atoms with E-state index in [2.05, 4.69) is 31.5 Å². The Morgan fingerprint density at radius 1 is 1.50 bits per heavy atom. The molecule has 2 nitrogen and oxygen atoms in total. The number of aryl methyl sites for hydroxylation is 1. The van der Waals surface area contributed by atoms with E-state index in [1.54, 1.807) is 0 Å². The van der Waals surface area contributed by atoms with Crippen LogP contribution >= 0.6 is 0 Å². The minimum atomic E-state index is -0.399. The highest BCUT2D eigenvalue weighted by atomic mass is 16.3. The minimum absolute atomic E-state index is 0.399. The van der Waals surface area contributed by atoms with Crippen LogP contribution in [0, 0.1) is 12.8 Å². The Balaban J connectivity index is 1.83. The van der Waals surface area contributed by atoms with E-state index in [0.29, 0.717) is 5.92 Å². The third-order valence-corrected chi connectivity index (χ3v) is 5.15. The zero-order valence-corrected chi connectivity index (χ0v) is 13.0. The molecule has 1 fully saturated rings. The second-order valence-electron chi connectivity index (χ2n) is 6.41. The van der Waals surface area contributed by atoms with Crippen molar-refractivity contribution in [2.75, 3.05) is 0 Å². The van der Waals surface area contributed by atoms with Gasteiger partial charge in [-0.1, -0.05) is 26.3 Å². The summed E-state index contributed by atoms with van der Waals surface area (Å²) in [5.41, 5.74) is 3.29. The van der Waals surface area contributed by atoms with E-state index in [4.69, 9.17) is 0 Å². The second kappa shape index (κ2) is 6.62. The van der Waals surface area contributed by atoms with Crippen LogP contribution in [-0.2, 0) is 0 Å². The zero-order valence-electron chi connectivity index (χ0n) is 13.0. The van der Waals surface area contributed by atoms with Crippen molar-refractivity contribution in [2.24, 2.45) is 5.92 Å². The third kappa shape index (κ3) is 3.35. The number of nitrogens with one attached hydrogen (secondary N) is 1. The van der Waals surface area contributed by atoms with Crippen molar-refractivity contribution < 1.29 is 5.11 Å². The second-order valence-corrected chi connectivity index (χ2v) is 6.41. The maximum absolute atomic E-state index is 10.7. The lowest BCUT2D eigenvalue weighted by atomic mass is 9.71. The van der Waals surface area contributed by atoms with Gasteiger partial charge in [0.25, 0.3) is 0 Å². The van der Waals surface area contributed by atoms with Crippen molar-refractivity contribution in [3.8, 4) is 0 Å². The first-order chi connectivity index (χ1) is 9.57. The molecule has 1 heterocycles. The molecule has 2 heteroatoms. The summed E-state index contributed by atoms with van der Waals surface area (Å²) in [4.78, 5) is 3.21. The summed E-state index contributed by atoms with van der Waals surface area (Å²) in [5.74, 6) is 0.487. The molecule has 2 atom stereocenters. The van der Waals surface area contributed by atoms with Crippen LogP contribution in [0.25, 0.3) is 5.57 Å². The highest BCUT2D eigenvalue weighted by Gasteiger charge is 2.36. The predicted molar refractivity (Wildman–Crippen MR) is 85.6 cm³/mol. The van der Waals surface area contributed by atoms with Gasteiger partial charge < -0.3 is 10.1 Å². The molecule has 2 rings (SSSR count). The number of aromatic nitrogens is 1. The van der Waals surface area contributed by atoms with Crippen LogP contribution in [0.15, 0.2) is 18.8 Å².